The van der Waals surface area contributed by atoms with Gasteiger partial charge in [0.15, 0.2) is 0 Å². The average Bonchev–Trinajstić information content (AvgIpc) is 2.87. The molecule has 0 aromatic carbocycles. The third-order valence-corrected chi connectivity index (χ3v) is 4.97. The molecule has 0 radical (unpaired) electrons. The lowest BCUT2D eigenvalue weighted by molar-refractivity contribution is 0.308. The molecule has 0 spiro atoms. The second kappa shape index (κ2) is 3.99. The van der Waals surface area contributed by atoms with Gasteiger partial charge in [-0.1, -0.05) is 11.6 Å². The Kier molecular flexibility index (Phi) is 2.70. The van der Waals surface area contributed by atoms with Gasteiger partial charge < -0.3 is 4.52 Å². The predicted molar refractivity (Wildman–Crippen MR) is 63.2 cm³/mol. The second-order valence-electron chi connectivity index (χ2n) is 5.19. The molecule has 2 fully saturated rings. The van der Waals surface area contributed by atoms with E-state index in [9.17, 15) is 8.42 Å². The van der Waals surface area contributed by atoms with Crippen molar-refractivity contribution in [1.82, 2.24) is 5.16 Å². The number of halogens is 1. The van der Waals surface area contributed by atoms with Crippen LogP contribution < -0.4 is 0 Å². The molecule has 94 valence electrons. The molecule has 1 heterocycles. The van der Waals surface area contributed by atoms with Gasteiger partial charge in [-0.05, 0) is 31.1 Å². The van der Waals surface area contributed by atoms with Crippen molar-refractivity contribution in [2.75, 3.05) is 0 Å². The summed E-state index contributed by atoms with van der Waals surface area (Å²) < 4.78 is 27.2. The summed E-state index contributed by atoms with van der Waals surface area (Å²) in [6, 6.07) is 1.76. The highest BCUT2D eigenvalue weighted by Gasteiger charge is 2.42. The molecule has 3 unspecified atom stereocenters. The first kappa shape index (κ1) is 11.5. The minimum atomic E-state index is -3.55. The first-order valence-electron chi connectivity index (χ1n) is 5.89. The van der Waals surface area contributed by atoms with Crippen molar-refractivity contribution < 1.29 is 12.9 Å². The third-order valence-electron chi connectivity index (χ3n) is 4.00. The van der Waals surface area contributed by atoms with E-state index >= 15 is 0 Å². The first-order chi connectivity index (χ1) is 8.01. The molecule has 0 aliphatic heterocycles. The fraction of sp³-hybridized carbons (Fsp3) is 0.727. The second-order valence-corrected chi connectivity index (χ2v) is 7.96. The van der Waals surface area contributed by atoms with Crippen LogP contribution in [0.25, 0.3) is 0 Å². The number of hydrogen-bond donors (Lipinski definition) is 0. The molecule has 3 atom stereocenters. The van der Waals surface area contributed by atoms with Gasteiger partial charge in [-0.3, -0.25) is 0 Å². The van der Waals surface area contributed by atoms with Gasteiger partial charge in [0, 0.05) is 22.7 Å². The van der Waals surface area contributed by atoms with Crippen LogP contribution in [0.3, 0.4) is 0 Å². The summed E-state index contributed by atoms with van der Waals surface area (Å²) in [6.45, 7) is 0. The zero-order chi connectivity index (χ0) is 12.0. The van der Waals surface area contributed by atoms with Crippen molar-refractivity contribution in [3.63, 3.8) is 0 Å². The quantitative estimate of drug-likeness (QED) is 0.796. The van der Waals surface area contributed by atoms with Crippen molar-refractivity contribution in [1.29, 1.82) is 0 Å². The normalized spacial score (nSPS) is 32.2. The molecule has 2 bridgehead atoms. The minimum absolute atomic E-state index is 0.251. The summed E-state index contributed by atoms with van der Waals surface area (Å²) in [6.07, 6.45) is 5.04. The number of nitrogens with zero attached hydrogens (tertiary/aromatic N) is 1. The van der Waals surface area contributed by atoms with Crippen LogP contribution in [-0.4, -0.2) is 13.6 Å². The van der Waals surface area contributed by atoms with Crippen molar-refractivity contribution in [2.45, 2.75) is 37.4 Å². The number of hydrogen-bond acceptors (Lipinski definition) is 4. The van der Waals surface area contributed by atoms with Crippen LogP contribution >= 0.6 is 10.7 Å². The van der Waals surface area contributed by atoms with Gasteiger partial charge in [0.1, 0.15) is 17.2 Å². The van der Waals surface area contributed by atoms with Crippen molar-refractivity contribution in [3.05, 3.63) is 17.5 Å². The lowest BCUT2D eigenvalue weighted by Gasteiger charge is -2.18. The van der Waals surface area contributed by atoms with Crippen LogP contribution in [0, 0.1) is 11.8 Å². The van der Waals surface area contributed by atoms with Gasteiger partial charge in [-0.25, -0.2) is 8.42 Å². The van der Waals surface area contributed by atoms with Crippen LogP contribution in [0.2, 0.25) is 0 Å². The van der Waals surface area contributed by atoms with E-state index in [2.05, 4.69) is 5.16 Å². The number of aromatic nitrogens is 1. The fourth-order valence-corrected chi connectivity index (χ4v) is 4.17. The predicted octanol–water partition coefficient (Wildman–Crippen LogP) is 2.65. The Morgan fingerprint density at radius 1 is 1.41 bits per heavy atom. The SMILES string of the molecule is O=S(=O)(Cl)Cc1cc(C2CC3CCC2C3)on1. The number of rotatable bonds is 3. The van der Waals surface area contributed by atoms with E-state index in [4.69, 9.17) is 15.2 Å². The maximum atomic E-state index is 10.9. The summed E-state index contributed by atoms with van der Waals surface area (Å²) >= 11 is 0. The van der Waals surface area contributed by atoms with Crippen LogP contribution in [0.1, 0.15) is 43.1 Å². The van der Waals surface area contributed by atoms with Crippen LogP contribution in [0.4, 0.5) is 0 Å². The molecule has 1 aromatic heterocycles. The topological polar surface area (TPSA) is 60.2 Å². The molecule has 0 N–H and O–H groups in total. The Hall–Kier alpha value is -0.550. The Balaban J connectivity index is 1.77. The van der Waals surface area contributed by atoms with E-state index in [0.29, 0.717) is 17.5 Å². The number of fused-ring (bicyclic) bond motifs is 2. The highest BCUT2D eigenvalue weighted by molar-refractivity contribution is 8.13. The average molecular weight is 276 g/mol. The molecule has 0 saturated heterocycles. The zero-order valence-corrected chi connectivity index (χ0v) is 10.9. The van der Waals surface area contributed by atoms with Crippen molar-refractivity contribution in [2.24, 2.45) is 11.8 Å². The Morgan fingerprint density at radius 2 is 2.24 bits per heavy atom. The maximum Gasteiger partial charge on any atom is 0.238 e. The van der Waals surface area contributed by atoms with Crippen LogP contribution in [0.5, 0.6) is 0 Å². The van der Waals surface area contributed by atoms with Gasteiger partial charge >= 0.3 is 0 Å². The maximum absolute atomic E-state index is 10.9. The van der Waals surface area contributed by atoms with Gasteiger partial charge in [0.05, 0.1) is 0 Å². The third kappa shape index (κ3) is 2.36. The molecule has 2 aliphatic carbocycles. The summed E-state index contributed by atoms with van der Waals surface area (Å²) in [5.41, 5.74) is 0.415. The molecule has 2 aliphatic rings. The first-order valence-corrected chi connectivity index (χ1v) is 8.37. The standard InChI is InChI=1S/C11H14ClNO3S/c12-17(14,15)6-9-5-11(16-13-9)10-4-7-1-2-8(10)3-7/h5,7-8,10H,1-4,6H2. The molecule has 2 saturated carbocycles. The van der Waals surface area contributed by atoms with Crippen molar-refractivity contribution >= 4 is 19.7 Å². The fourth-order valence-electron chi connectivity index (χ4n) is 3.34. The lowest BCUT2D eigenvalue weighted by Crippen LogP contribution is -2.07. The summed E-state index contributed by atoms with van der Waals surface area (Å²) in [7, 11) is 1.64. The zero-order valence-electron chi connectivity index (χ0n) is 9.30. The van der Waals surface area contributed by atoms with Gasteiger partial charge in [-0.15, -0.1) is 0 Å². The smallest absolute Gasteiger partial charge is 0.238 e. The Morgan fingerprint density at radius 3 is 2.82 bits per heavy atom. The molecular formula is C11H14ClNO3S. The van der Waals surface area contributed by atoms with Crippen LogP contribution in [-0.2, 0) is 14.8 Å². The van der Waals surface area contributed by atoms with Gasteiger partial charge in [-0.2, -0.15) is 0 Å². The molecule has 17 heavy (non-hydrogen) atoms. The van der Waals surface area contributed by atoms with E-state index in [1.807, 2.05) is 0 Å². The minimum Gasteiger partial charge on any atom is -0.361 e. The molecule has 0 amide bonds. The van der Waals surface area contributed by atoms with E-state index in [1.165, 1.54) is 19.3 Å². The Bertz CT molecular complexity index is 525. The van der Waals surface area contributed by atoms with Crippen LogP contribution in [0.15, 0.2) is 10.6 Å². The summed E-state index contributed by atoms with van der Waals surface area (Å²) in [5, 5.41) is 3.79. The monoisotopic (exact) mass is 275 g/mol. The van der Waals surface area contributed by atoms with E-state index < -0.39 is 9.05 Å². The van der Waals surface area contributed by atoms with Gasteiger partial charge in [0.2, 0.25) is 9.05 Å². The molecule has 1 aromatic rings. The molecular weight excluding hydrogens is 262 g/mol. The Labute approximate surface area is 105 Å². The molecule has 4 nitrogen and oxygen atoms in total. The molecule has 6 heteroatoms. The van der Waals surface area contributed by atoms with E-state index in [1.54, 1.807) is 6.07 Å². The summed E-state index contributed by atoms with van der Waals surface area (Å²) in [5.74, 6) is 2.56. The highest BCUT2D eigenvalue weighted by atomic mass is 35.7. The van der Waals surface area contributed by atoms with E-state index in [-0.39, 0.29) is 5.75 Å². The van der Waals surface area contributed by atoms with Gasteiger partial charge in [0.25, 0.3) is 0 Å². The summed E-state index contributed by atoms with van der Waals surface area (Å²) in [4.78, 5) is 0. The van der Waals surface area contributed by atoms with E-state index in [0.717, 1.165) is 18.1 Å². The highest BCUT2D eigenvalue weighted by Crippen LogP contribution is 2.52. The molecule has 3 rings (SSSR count). The largest absolute Gasteiger partial charge is 0.361 e. The van der Waals surface area contributed by atoms with Crippen molar-refractivity contribution in [3.8, 4) is 0 Å². The lowest BCUT2D eigenvalue weighted by atomic mass is 9.87.